The van der Waals surface area contributed by atoms with Gasteiger partial charge in [0.1, 0.15) is 11.7 Å². The van der Waals surface area contributed by atoms with Crippen molar-refractivity contribution in [2.45, 2.75) is 18.6 Å². The van der Waals surface area contributed by atoms with Crippen molar-refractivity contribution in [3.63, 3.8) is 0 Å². The number of hydrogen-bond donors (Lipinski definition) is 4. The third kappa shape index (κ3) is 3.33. The van der Waals surface area contributed by atoms with Gasteiger partial charge in [0, 0.05) is 0 Å². The van der Waals surface area contributed by atoms with Gasteiger partial charge < -0.3 is 20.0 Å². The maximum Gasteiger partial charge on any atom is 0.484 e. The van der Waals surface area contributed by atoms with Gasteiger partial charge in [-0.2, -0.15) is 4.31 Å². The van der Waals surface area contributed by atoms with Gasteiger partial charge in [0.2, 0.25) is 0 Å². The van der Waals surface area contributed by atoms with Gasteiger partial charge in [-0.3, -0.25) is 9.05 Å². The fourth-order valence-electron chi connectivity index (χ4n) is 0.986. The van der Waals surface area contributed by atoms with E-state index in [1.807, 2.05) is 0 Å². The van der Waals surface area contributed by atoms with E-state index >= 15 is 0 Å². The Labute approximate surface area is 90.8 Å². The van der Waals surface area contributed by atoms with E-state index in [0.29, 0.717) is 0 Å². The Morgan fingerprint density at radius 1 is 1.62 bits per heavy atom. The highest BCUT2D eigenvalue weighted by atomic mass is 31.3. The molecule has 1 aliphatic heterocycles. The van der Waals surface area contributed by atoms with Gasteiger partial charge >= 0.3 is 15.6 Å². The predicted octanol–water partition coefficient (Wildman–Crippen LogP) is -0.638. The van der Waals surface area contributed by atoms with Crippen molar-refractivity contribution >= 4 is 15.6 Å². The molecule has 16 heavy (non-hydrogen) atoms. The molecule has 0 bridgehead atoms. The zero-order valence-electron chi connectivity index (χ0n) is 8.22. The van der Waals surface area contributed by atoms with E-state index in [0.717, 1.165) is 0 Å². The first-order valence-corrected chi connectivity index (χ1v) is 7.10. The van der Waals surface area contributed by atoms with Gasteiger partial charge in [0.05, 0.1) is 13.2 Å². The lowest BCUT2D eigenvalue weighted by Crippen LogP contribution is -2.50. The summed E-state index contributed by atoms with van der Waals surface area (Å²) in [5.74, 6) is 0. The first kappa shape index (κ1) is 14.2. The topological polar surface area (TPSA) is 143 Å². The summed E-state index contributed by atoms with van der Waals surface area (Å²) < 4.78 is 35.0. The van der Waals surface area contributed by atoms with Crippen LogP contribution in [0.5, 0.6) is 0 Å². The van der Waals surface area contributed by atoms with E-state index in [-0.39, 0.29) is 0 Å². The lowest BCUT2D eigenvalue weighted by atomic mass is 10.0. The van der Waals surface area contributed by atoms with Crippen molar-refractivity contribution < 1.29 is 42.5 Å². The highest BCUT2D eigenvalue weighted by Gasteiger charge is 2.50. The average molecular weight is 278 g/mol. The fraction of sp³-hybridized carbons (Fsp3) is 1.00. The van der Waals surface area contributed by atoms with Crippen molar-refractivity contribution in [1.82, 2.24) is 0 Å². The van der Waals surface area contributed by atoms with Crippen LogP contribution < -0.4 is 0 Å². The molecule has 0 radical (unpaired) electrons. The zero-order chi connectivity index (χ0) is 12.6. The summed E-state index contributed by atoms with van der Waals surface area (Å²) in [7, 11) is -9.56. The lowest BCUT2D eigenvalue weighted by molar-refractivity contribution is -0.132. The standard InChI is InChI=1S/C5H12O9P2/c1-5(3-6)4(7)2-12-16(11,13-5)14-15(8,9)10/h4,6-7H,2-3H2,1H3,(H2,8,9,10)/t4-,5+,16?/m1/s1. The minimum atomic E-state index is -5.06. The van der Waals surface area contributed by atoms with Crippen LogP contribution in [0.4, 0.5) is 0 Å². The van der Waals surface area contributed by atoms with E-state index in [9.17, 15) is 14.2 Å². The summed E-state index contributed by atoms with van der Waals surface area (Å²) in [6.07, 6.45) is -1.29. The number of rotatable bonds is 3. The smallest absolute Gasteiger partial charge is 0.393 e. The second kappa shape index (κ2) is 4.45. The van der Waals surface area contributed by atoms with E-state index < -0.39 is 40.6 Å². The molecule has 0 aliphatic carbocycles. The number of hydrogen-bond acceptors (Lipinski definition) is 7. The molecule has 0 aromatic carbocycles. The Morgan fingerprint density at radius 2 is 2.19 bits per heavy atom. The SMILES string of the molecule is C[C@@]1(CO)OP(=O)(OP(=O)(O)O)OC[C@H]1O. The molecule has 1 fully saturated rings. The van der Waals surface area contributed by atoms with Gasteiger partial charge in [-0.1, -0.05) is 0 Å². The molecule has 1 saturated heterocycles. The van der Waals surface area contributed by atoms with Crippen LogP contribution >= 0.6 is 15.6 Å². The molecule has 4 N–H and O–H groups in total. The van der Waals surface area contributed by atoms with Gasteiger partial charge in [0.25, 0.3) is 0 Å². The molecule has 0 amide bonds. The third-order valence-corrected chi connectivity index (χ3v) is 4.69. The predicted molar refractivity (Wildman–Crippen MR) is 49.3 cm³/mol. The molecule has 1 rings (SSSR count). The third-order valence-electron chi connectivity index (χ3n) is 1.94. The molecule has 3 atom stereocenters. The van der Waals surface area contributed by atoms with E-state index in [1.54, 1.807) is 0 Å². The molecular weight excluding hydrogens is 266 g/mol. The van der Waals surface area contributed by atoms with Crippen LogP contribution in [-0.4, -0.2) is 44.9 Å². The van der Waals surface area contributed by atoms with Gasteiger partial charge in [-0.15, -0.1) is 0 Å². The molecule has 0 saturated carbocycles. The minimum absolute atomic E-state index is 0.533. The zero-order valence-corrected chi connectivity index (χ0v) is 10.0. The van der Waals surface area contributed by atoms with Crippen LogP contribution in [0.25, 0.3) is 0 Å². The van der Waals surface area contributed by atoms with Crippen molar-refractivity contribution in [3.8, 4) is 0 Å². The Balaban J connectivity index is 2.86. The lowest BCUT2D eigenvalue weighted by Gasteiger charge is -2.38. The summed E-state index contributed by atoms with van der Waals surface area (Å²) in [6.45, 7) is -0.0454. The number of phosphoric acid groups is 2. The molecule has 96 valence electrons. The monoisotopic (exact) mass is 278 g/mol. The molecule has 0 spiro atoms. The molecular formula is C5H12O9P2. The van der Waals surface area contributed by atoms with Crippen molar-refractivity contribution in [2.24, 2.45) is 0 Å². The van der Waals surface area contributed by atoms with E-state index in [1.165, 1.54) is 6.92 Å². The highest BCUT2D eigenvalue weighted by Crippen LogP contribution is 2.64. The molecule has 1 unspecified atom stereocenters. The second-order valence-corrected chi connectivity index (χ2v) is 6.36. The maximum absolute atomic E-state index is 11.6. The van der Waals surface area contributed by atoms with Crippen LogP contribution in [0.1, 0.15) is 6.92 Å². The molecule has 0 aromatic heterocycles. The Morgan fingerprint density at radius 3 is 2.62 bits per heavy atom. The summed E-state index contributed by atoms with van der Waals surface area (Å²) in [4.78, 5) is 17.0. The van der Waals surface area contributed by atoms with Gasteiger partial charge in [-0.25, -0.2) is 9.13 Å². The first-order valence-electron chi connectivity index (χ1n) is 4.11. The summed E-state index contributed by atoms with van der Waals surface area (Å²) in [5, 5.41) is 18.3. The number of phosphoric ester groups is 1. The highest BCUT2D eigenvalue weighted by molar-refractivity contribution is 7.61. The van der Waals surface area contributed by atoms with Crippen molar-refractivity contribution in [3.05, 3.63) is 0 Å². The van der Waals surface area contributed by atoms with E-state index in [4.69, 9.17) is 14.9 Å². The molecule has 0 aromatic rings. The average Bonchev–Trinajstić information content (AvgIpc) is 2.09. The Bertz CT molecular complexity index is 350. The number of aliphatic hydroxyl groups is 2. The normalized spacial score (nSPS) is 40.9. The molecule has 1 aliphatic rings. The Hall–Kier alpha value is 0.180. The van der Waals surface area contributed by atoms with Crippen LogP contribution in [0.15, 0.2) is 0 Å². The van der Waals surface area contributed by atoms with E-state index in [2.05, 4.69) is 13.4 Å². The second-order valence-electron chi connectivity index (χ2n) is 3.39. The molecule has 1 heterocycles. The summed E-state index contributed by atoms with van der Waals surface area (Å²) in [6, 6.07) is 0. The van der Waals surface area contributed by atoms with Gasteiger partial charge in [0.15, 0.2) is 0 Å². The first-order chi connectivity index (χ1) is 7.10. The molecule has 11 heteroatoms. The summed E-state index contributed by atoms with van der Waals surface area (Å²) >= 11 is 0. The van der Waals surface area contributed by atoms with Crippen molar-refractivity contribution in [1.29, 1.82) is 0 Å². The fourth-order valence-corrected chi connectivity index (χ4v) is 3.42. The van der Waals surface area contributed by atoms with Crippen molar-refractivity contribution in [2.75, 3.05) is 13.2 Å². The molecule has 9 nitrogen and oxygen atoms in total. The number of aliphatic hydroxyl groups excluding tert-OH is 2. The largest absolute Gasteiger partial charge is 0.484 e. The van der Waals surface area contributed by atoms with Gasteiger partial charge in [-0.05, 0) is 6.92 Å². The Kier molecular flexibility index (Phi) is 3.96. The van der Waals surface area contributed by atoms with Crippen LogP contribution in [-0.2, 0) is 22.5 Å². The van der Waals surface area contributed by atoms with Crippen LogP contribution in [0, 0.1) is 0 Å². The van der Waals surface area contributed by atoms with Crippen LogP contribution in [0.2, 0.25) is 0 Å². The maximum atomic E-state index is 11.6. The van der Waals surface area contributed by atoms with Crippen LogP contribution in [0.3, 0.4) is 0 Å². The minimum Gasteiger partial charge on any atom is -0.393 e. The quantitative estimate of drug-likeness (QED) is 0.495. The summed E-state index contributed by atoms with van der Waals surface area (Å²) in [5.41, 5.74) is -1.66.